The second-order valence-corrected chi connectivity index (χ2v) is 13.2. The minimum atomic E-state index is -1.30. The van der Waals surface area contributed by atoms with E-state index < -0.39 is 53.3 Å². The molecule has 3 atom stereocenters. The second-order valence-electron chi connectivity index (χ2n) is 13.2. The van der Waals surface area contributed by atoms with Gasteiger partial charge in [0, 0.05) is 38.1 Å². The quantitative estimate of drug-likeness (QED) is 0.256. The number of ketones is 1. The Morgan fingerprint density at radius 2 is 1.67 bits per heavy atom. The van der Waals surface area contributed by atoms with E-state index in [4.69, 9.17) is 10.5 Å². The minimum Gasteiger partial charge on any atom is -0.444 e. The fraction of sp³-hybridized carbons (Fsp3) is 0.625. The van der Waals surface area contributed by atoms with Crippen molar-refractivity contribution in [2.75, 3.05) is 19.6 Å². The van der Waals surface area contributed by atoms with Gasteiger partial charge in [-0.15, -0.1) is 0 Å². The molecule has 2 heterocycles. The van der Waals surface area contributed by atoms with Crippen molar-refractivity contribution in [3.8, 4) is 0 Å². The van der Waals surface area contributed by atoms with Crippen LogP contribution in [-0.4, -0.2) is 88.8 Å². The average molecular weight is 629 g/mol. The lowest BCUT2D eigenvalue weighted by molar-refractivity contribution is -0.139. The molecule has 248 valence electrons. The number of nitrogens with zero attached hydrogens (tertiary/aromatic N) is 2. The smallest absolute Gasteiger partial charge is 0.410 e. The summed E-state index contributed by atoms with van der Waals surface area (Å²) in [5.74, 6) is -3.67. The molecule has 1 aromatic carbocycles. The van der Waals surface area contributed by atoms with Gasteiger partial charge in [-0.3, -0.25) is 19.2 Å². The Balaban J connectivity index is 1.77. The highest BCUT2D eigenvalue weighted by Gasteiger charge is 2.37. The molecule has 2 fully saturated rings. The standard InChI is InChI=1S/C32H48N6O7/c1-20(2)17-25(29(42)35-24(26(39)27(33)40)18-22-11-14-34-28(22)41)36-30(43)38(19-21-9-7-6-8-10-21)23-12-15-37(16-13-23)31(44)45-32(3,4)5/h6-10,20,22-25H,11-19H2,1-5H3,(H2,33,40)(H,34,41)(H,35,42)(H,36,43)/t22-,24-,25-/m0/s1. The number of carbonyl (C=O) groups excluding carboxylic acids is 6. The van der Waals surface area contributed by atoms with Crippen molar-refractivity contribution in [1.29, 1.82) is 0 Å². The number of hydrogen-bond acceptors (Lipinski definition) is 7. The third kappa shape index (κ3) is 10.8. The molecular formula is C32H48N6O7. The number of urea groups is 1. The van der Waals surface area contributed by atoms with Crippen LogP contribution in [0.3, 0.4) is 0 Å². The first-order chi connectivity index (χ1) is 21.1. The van der Waals surface area contributed by atoms with Gasteiger partial charge in [0.15, 0.2) is 0 Å². The zero-order valence-corrected chi connectivity index (χ0v) is 27.0. The van der Waals surface area contributed by atoms with Gasteiger partial charge in [0.05, 0.1) is 6.04 Å². The van der Waals surface area contributed by atoms with Crippen LogP contribution in [0.2, 0.25) is 0 Å². The van der Waals surface area contributed by atoms with Gasteiger partial charge < -0.3 is 36.2 Å². The molecule has 3 rings (SSSR count). The molecule has 0 radical (unpaired) electrons. The number of Topliss-reactive ketones (excluding diaryl/α,β-unsaturated/α-hetero) is 1. The number of hydrogen-bond donors (Lipinski definition) is 4. The summed E-state index contributed by atoms with van der Waals surface area (Å²) in [7, 11) is 0. The van der Waals surface area contributed by atoms with Gasteiger partial charge in [-0.25, -0.2) is 9.59 Å². The number of amides is 6. The summed E-state index contributed by atoms with van der Waals surface area (Å²) in [4.78, 5) is 80.1. The summed E-state index contributed by atoms with van der Waals surface area (Å²) in [5, 5.41) is 8.15. The zero-order chi connectivity index (χ0) is 33.3. The van der Waals surface area contributed by atoms with Crippen LogP contribution in [-0.2, 0) is 30.5 Å². The van der Waals surface area contributed by atoms with Crippen molar-refractivity contribution in [2.45, 2.75) is 97.0 Å². The highest BCUT2D eigenvalue weighted by atomic mass is 16.6. The number of carbonyl (C=O) groups is 6. The van der Waals surface area contributed by atoms with Gasteiger partial charge in [0.25, 0.3) is 5.91 Å². The lowest BCUT2D eigenvalue weighted by Crippen LogP contribution is -2.58. The Bertz CT molecular complexity index is 1220. The fourth-order valence-corrected chi connectivity index (χ4v) is 5.60. The van der Waals surface area contributed by atoms with E-state index in [0.717, 1.165) is 5.56 Å². The van der Waals surface area contributed by atoms with Crippen LogP contribution in [0.1, 0.15) is 72.3 Å². The highest BCUT2D eigenvalue weighted by molar-refractivity contribution is 6.37. The van der Waals surface area contributed by atoms with E-state index in [9.17, 15) is 28.8 Å². The largest absolute Gasteiger partial charge is 0.444 e. The van der Waals surface area contributed by atoms with Crippen molar-refractivity contribution in [3.05, 3.63) is 35.9 Å². The molecule has 0 aliphatic carbocycles. The van der Waals surface area contributed by atoms with Gasteiger partial charge in [-0.05, 0) is 64.4 Å². The van der Waals surface area contributed by atoms with Gasteiger partial charge in [0.1, 0.15) is 11.6 Å². The summed E-state index contributed by atoms with van der Waals surface area (Å²) in [6.45, 7) is 10.7. The normalized spacial score (nSPS) is 18.5. The molecule has 2 aliphatic heterocycles. The Morgan fingerprint density at radius 1 is 1.02 bits per heavy atom. The maximum Gasteiger partial charge on any atom is 0.410 e. The van der Waals surface area contributed by atoms with Gasteiger partial charge in [-0.2, -0.15) is 0 Å². The van der Waals surface area contributed by atoms with Crippen molar-refractivity contribution in [3.63, 3.8) is 0 Å². The second kappa shape index (κ2) is 15.7. The van der Waals surface area contributed by atoms with Crippen LogP contribution in [0.4, 0.5) is 9.59 Å². The summed E-state index contributed by atoms with van der Waals surface area (Å²) in [6.07, 6.45) is 1.28. The maximum atomic E-state index is 13.9. The molecule has 45 heavy (non-hydrogen) atoms. The Morgan fingerprint density at radius 3 is 2.20 bits per heavy atom. The molecule has 0 spiro atoms. The molecule has 2 saturated heterocycles. The Hall–Kier alpha value is -4.16. The number of likely N-dealkylation sites (tertiary alicyclic amines) is 1. The molecular weight excluding hydrogens is 580 g/mol. The third-order valence-corrected chi connectivity index (χ3v) is 7.89. The summed E-state index contributed by atoms with van der Waals surface area (Å²) < 4.78 is 5.52. The molecule has 5 N–H and O–H groups in total. The summed E-state index contributed by atoms with van der Waals surface area (Å²) in [6, 6.07) is 6.44. The number of nitrogens with two attached hydrogens (primary N) is 1. The van der Waals surface area contributed by atoms with E-state index >= 15 is 0 Å². The van der Waals surface area contributed by atoms with Crippen LogP contribution in [0.25, 0.3) is 0 Å². The lowest BCUT2D eigenvalue weighted by atomic mass is 9.94. The molecule has 1 aromatic rings. The van der Waals surface area contributed by atoms with E-state index in [0.29, 0.717) is 38.9 Å². The van der Waals surface area contributed by atoms with Crippen LogP contribution in [0.15, 0.2) is 30.3 Å². The van der Waals surface area contributed by atoms with E-state index in [-0.39, 0.29) is 37.3 Å². The van der Waals surface area contributed by atoms with Gasteiger partial charge in [-0.1, -0.05) is 44.2 Å². The molecule has 0 unspecified atom stereocenters. The van der Waals surface area contributed by atoms with Gasteiger partial charge >= 0.3 is 12.1 Å². The molecule has 0 bridgehead atoms. The predicted molar refractivity (Wildman–Crippen MR) is 166 cm³/mol. The SMILES string of the molecule is CC(C)C[C@H](NC(=O)N(Cc1ccccc1)C1CCN(C(=O)OC(C)(C)C)CC1)C(=O)N[C@@H](C[C@@H]1CCNC1=O)C(=O)C(N)=O. The highest BCUT2D eigenvalue weighted by Crippen LogP contribution is 2.22. The van der Waals surface area contributed by atoms with E-state index in [1.807, 2.05) is 65.0 Å². The Labute approximate surface area is 265 Å². The minimum absolute atomic E-state index is 0.00778. The molecule has 6 amide bonds. The molecule has 0 aromatic heterocycles. The molecule has 13 heteroatoms. The first-order valence-electron chi connectivity index (χ1n) is 15.6. The van der Waals surface area contributed by atoms with Crippen molar-refractivity contribution >= 4 is 35.6 Å². The number of benzene rings is 1. The van der Waals surface area contributed by atoms with Gasteiger partial charge in [0.2, 0.25) is 17.6 Å². The number of rotatable bonds is 12. The van der Waals surface area contributed by atoms with E-state index in [1.165, 1.54) is 0 Å². The van der Waals surface area contributed by atoms with Crippen molar-refractivity contribution in [1.82, 2.24) is 25.8 Å². The van der Waals surface area contributed by atoms with Crippen molar-refractivity contribution in [2.24, 2.45) is 17.6 Å². The number of ether oxygens (including phenoxy) is 1. The van der Waals surface area contributed by atoms with E-state index in [2.05, 4.69) is 16.0 Å². The molecule has 13 nitrogen and oxygen atoms in total. The predicted octanol–water partition coefficient (Wildman–Crippen LogP) is 2.08. The van der Waals surface area contributed by atoms with E-state index in [1.54, 1.807) is 9.80 Å². The van der Waals surface area contributed by atoms with Crippen LogP contribution >= 0.6 is 0 Å². The first-order valence-corrected chi connectivity index (χ1v) is 15.6. The topological polar surface area (TPSA) is 180 Å². The maximum absolute atomic E-state index is 13.9. The fourth-order valence-electron chi connectivity index (χ4n) is 5.60. The van der Waals surface area contributed by atoms with Crippen molar-refractivity contribution < 1.29 is 33.5 Å². The number of primary amides is 1. The molecule has 2 aliphatic rings. The lowest BCUT2D eigenvalue weighted by Gasteiger charge is -2.39. The summed E-state index contributed by atoms with van der Waals surface area (Å²) in [5.41, 5.74) is 5.54. The Kier molecular flexibility index (Phi) is 12.3. The summed E-state index contributed by atoms with van der Waals surface area (Å²) >= 11 is 0. The van der Waals surface area contributed by atoms with Crippen LogP contribution in [0, 0.1) is 11.8 Å². The number of piperidine rings is 1. The van der Waals surface area contributed by atoms with Crippen LogP contribution in [0.5, 0.6) is 0 Å². The average Bonchev–Trinajstić information content (AvgIpc) is 3.38. The third-order valence-electron chi connectivity index (χ3n) is 7.89. The molecule has 0 saturated carbocycles. The zero-order valence-electron chi connectivity index (χ0n) is 27.0. The number of nitrogens with one attached hydrogen (secondary N) is 3. The monoisotopic (exact) mass is 628 g/mol. The first kappa shape index (κ1) is 35.3. The van der Waals surface area contributed by atoms with Crippen LogP contribution < -0.4 is 21.7 Å².